The number of amides is 3. The van der Waals surface area contributed by atoms with Crippen LogP contribution >= 0.6 is 0 Å². The number of aromatic amines is 1. The fraction of sp³-hybridized carbons (Fsp3) is 0.167. The molecule has 1 heterocycles. The van der Waals surface area contributed by atoms with Crippen molar-refractivity contribution in [3.63, 3.8) is 0 Å². The second kappa shape index (κ2) is 7.82. The van der Waals surface area contributed by atoms with E-state index in [1.807, 2.05) is 25.2 Å². The molecule has 0 aliphatic heterocycles. The number of urea groups is 1. The minimum atomic E-state index is -0.969. The Labute approximate surface area is 158 Å². The van der Waals surface area contributed by atoms with E-state index in [1.54, 1.807) is 12.1 Å². The first-order chi connectivity index (χ1) is 13.3. The number of fused-ring (bicyclic) bond motifs is 1. The number of imide groups is 1. The summed E-state index contributed by atoms with van der Waals surface area (Å²) in [5.74, 6) is -2.52. The lowest BCUT2D eigenvalue weighted by Gasteiger charge is -2.09. The van der Waals surface area contributed by atoms with Crippen molar-refractivity contribution < 1.29 is 23.5 Å². The van der Waals surface area contributed by atoms with Gasteiger partial charge >= 0.3 is 12.0 Å². The van der Waals surface area contributed by atoms with Crippen molar-refractivity contribution in [2.45, 2.75) is 13.8 Å². The number of carbonyl (C=O) groups excluding carboxylic acids is 3. The first-order valence-corrected chi connectivity index (χ1v) is 8.18. The summed E-state index contributed by atoms with van der Waals surface area (Å²) in [7, 11) is 0. The number of ether oxygens (including phenoxy) is 1. The van der Waals surface area contributed by atoms with Gasteiger partial charge in [0, 0.05) is 11.8 Å². The van der Waals surface area contributed by atoms with Gasteiger partial charge in [-0.15, -0.1) is 0 Å². The molecule has 10 heteroatoms. The molecule has 0 aliphatic rings. The highest BCUT2D eigenvalue weighted by Gasteiger charge is 2.18. The van der Waals surface area contributed by atoms with Crippen LogP contribution in [-0.4, -0.2) is 39.9 Å². The number of H-pyrrole nitrogens is 1. The fourth-order valence-corrected chi connectivity index (χ4v) is 2.43. The molecule has 2 aromatic carbocycles. The van der Waals surface area contributed by atoms with E-state index in [2.05, 4.69) is 20.7 Å². The van der Waals surface area contributed by atoms with Crippen LogP contribution in [0.15, 0.2) is 30.3 Å². The SMILES string of the molecule is Cc1ccc(NC(=O)NC(=O)COC(=O)c2cc(F)cc3n[nH]nc23)cc1C. The van der Waals surface area contributed by atoms with E-state index in [9.17, 15) is 18.8 Å². The smallest absolute Gasteiger partial charge is 0.341 e. The zero-order chi connectivity index (χ0) is 20.3. The van der Waals surface area contributed by atoms with Crippen LogP contribution in [0.5, 0.6) is 0 Å². The van der Waals surface area contributed by atoms with E-state index >= 15 is 0 Å². The first-order valence-electron chi connectivity index (χ1n) is 8.18. The summed E-state index contributed by atoms with van der Waals surface area (Å²) in [4.78, 5) is 35.8. The van der Waals surface area contributed by atoms with Gasteiger partial charge < -0.3 is 10.1 Å². The number of hydrogen-bond donors (Lipinski definition) is 3. The van der Waals surface area contributed by atoms with Crippen molar-refractivity contribution in [3.05, 3.63) is 52.8 Å². The number of nitrogens with one attached hydrogen (secondary N) is 3. The number of aromatic nitrogens is 3. The van der Waals surface area contributed by atoms with Gasteiger partial charge in [-0.1, -0.05) is 6.07 Å². The van der Waals surface area contributed by atoms with Gasteiger partial charge in [0.2, 0.25) is 0 Å². The molecule has 0 fully saturated rings. The topological polar surface area (TPSA) is 126 Å². The number of rotatable bonds is 4. The maximum absolute atomic E-state index is 13.5. The lowest BCUT2D eigenvalue weighted by atomic mass is 10.1. The number of benzene rings is 2. The van der Waals surface area contributed by atoms with Crippen LogP contribution in [0.3, 0.4) is 0 Å². The van der Waals surface area contributed by atoms with Gasteiger partial charge in [0.25, 0.3) is 5.91 Å². The third-order valence-corrected chi connectivity index (χ3v) is 3.96. The Morgan fingerprint density at radius 2 is 1.89 bits per heavy atom. The summed E-state index contributed by atoms with van der Waals surface area (Å²) in [6, 6.07) is 6.54. The van der Waals surface area contributed by atoms with Gasteiger partial charge in [0.05, 0.1) is 5.56 Å². The van der Waals surface area contributed by atoms with Crippen LogP contribution in [0.4, 0.5) is 14.9 Å². The normalized spacial score (nSPS) is 10.5. The molecule has 0 atom stereocenters. The molecule has 28 heavy (non-hydrogen) atoms. The van der Waals surface area contributed by atoms with Crippen LogP contribution in [0.25, 0.3) is 11.0 Å². The summed E-state index contributed by atoms with van der Waals surface area (Å²) < 4.78 is 18.4. The Balaban J connectivity index is 1.56. The van der Waals surface area contributed by atoms with Crippen molar-refractivity contribution in [2.24, 2.45) is 0 Å². The zero-order valence-electron chi connectivity index (χ0n) is 15.0. The number of halogens is 1. The third-order valence-electron chi connectivity index (χ3n) is 3.96. The maximum Gasteiger partial charge on any atom is 0.341 e. The molecule has 0 spiro atoms. The van der Waals surface area contributed by atoms with Crippen LogP contribution in [0.2, 0.25) is 0 Å². The van der Waals surface area contributed by atoms with E-state index in [1.165, 1.54) is 0 Å². The molecule has 3 rings (SSSR count). The van der Waals surface area contributed by atoms with Crippen molar-refractivity contribution in [3.8, 4) is 0 Å². The maximum atomic E-state index is 13.5. The van der Waals surface area contributed by atoms with Crippen molar-refractivity contribution in [1.29, 1.82) is 0 Å². The lowest BCUT2D eigenvalue weighted by molar-refractivity contribution is -0.123. The molecule has 0 bridgehead atoms. The van der Waals surface area contributed by atoms with E-state index in [0.29, 0.717) is 5.69 Å². The van der Waals surface area contributed by atoms with Crippen molar-refractivity contribution >= 4 is 34.6 Å². The van der Waals surface area contributed by atoms with Crippen LogP contribution < -0.4 is 10.6 Å². The Hall–Kier alpha value is -3.82. The predicted molar refractivity (Wildman–Crippen MR) is 97.2 cm³/mol. The molecule has 0 unspecified atom stereocenters. The molecule has 0 saturated heterocycles. The van der Waals surface area contributed by atoms with Gasteiger partial charge in [0.1, 0.15) is 16.9 Å². The Morgan fingerprint density at radius 1 is 1.11 bits per heavy atom. The molecule has 3 N–H and O–H groups in total. The second-order valence-corrected chi connectivity index (χ2v) is 6.02. The van der Waals surface area contributed by atoms with Crippen LogP contribution in [-0.2, 0) is 9.53 Å². The molecule has 0 aliphatic carbocycles. The van der Waals surface area contributed by atoms with E-state index in [4.69, 9.17) is 4.74 Å². The molecule has 1 aromatic heterocycles. The monoisotopic (exact) mass is 385 g/mol. The summed E-state index contributed by atoms with van der Waals surface area (Å²) in [5, 5.41) is 14.3. The van der Waals surface area contributed by atoms with Gasteiger partial charge in [0.15, 0.2) is 6.61 Å². The van der Waals surface area contributed by atoms with Crippen molar-refractivity contribution in [2.75, 3.05) is 11.9 Å². The van der Waals surface area contributed by atoms with Crippen LogP contribution in [0.1, 0.15) is 21.5 Å². The summed E-state index contributed by atoms with van der Waals surface area (Å²) in [6.07, 6.45) is 0. The molecule has 3 amide bonds. The molecular weight excluding hydrogens is 369 g/mol. The predicted octanol–water partition coefficient (Wildman–Crippen LogP) is 2.22. The highest BCUT2D eigenvalue weighted by molar-refractivity contribution is 6.04. The minimum Gasteiger partial charge on any atom is -0.452 e. The van der Waals surface area contributed by atoms with E-state index in [-0.39, 0.29) is 16.6 Å². The molecule has 3 aromatic rings. The van der Waals surface area contributed by atoms with Gasteiger partial charge in [-0.05, 0) is 43.2 Å². The van der Waals surface area contributed by atoms with E-state index < -0.39 is 30.3 Å². The molecular formula is C18H16FN5O4. The number of nitrogens with zero attached hydrogens (tertiary/aromatic N) is 2. The summed E-state index contributed by atoms with van der Waals surface area (Å²) >= 11 is 0. The average Bonchev–Trinajstić information content (AvgIpc) is 3.10. The molecule has 9 nitrogen and oxygen atoms in total. The quantitative estimate of drug-likeness (QED) is 0.591. The number of aryl methyl sites for hydroxylation is 2. The Kier molecular flexibility index (Phi) is 5.30. The highest BCUT2D eigenvalue weighted by atomic mass is 19.1. The van der Waals surface area contributed by atoms with E-state index in [0.717, 1.165) is 23.3 Å². The molecule has 144 valence electrons. The first kappa shape index (κ1) is 19.0. The van der Waals surface area contributed by atoms with Gasteiger partial charge in [-0.3, -0.25) is 10.1 Å². The lowest BCUT2D eigenvalue weighted by Crippen LogP contribution is -2.37. The molecule has 0 radical (unpaired) electrons. The number of hydrogen-bond acceptors (Lipinski definition) is 6. The standard InChI is InChI=1S/C18H16FN5O4/c1-9-3-4-12(5-10(9)2)20-18(27)21-15(25)8-28-17(26)13-6-11(19)7-14-16(13)23-24-22-14/h3-7H,8H2,1-2H3,(H,22,23,24)(H2,20,21,25,27). The number of carbonyl (C=O) groups is 3. The Bertz CT molecular complexity index is 1080. The van der Waals surface area contributed by atoms with Crippen LogP contribution in [0, 0.1) is 19.7 Å². The summed E-state index contributed by atoms with van der Waals surface area (Å²) in [5.41, 5.74) is 2.62. The number of anilines is 1. The zero-order valence-corrected chi connectivity index (χ0v) is 15.0. The van der Waals surface area contributed by atoms with Gasteiger partial charge in [-0.2, -0.15) is 15.4 Å². The van der Waals surface area contributed by atoms with Crippen molar-refractivity contribution in [1.82, 2.24) is 20.7 Å². The Morgan fingerprint density at radius 3 is 2.64 bits per heavy atom. The van der Waals surface area contributed by atoms with Gasteiger partial charge in [-0.25, -0.2) is 14.0 Å². The summed E-state index contributed by atoms with van der Waals surface area (Å²) in [6.45, 7) is 3.10. The largest absolute Gasteiger partial charge is 0.452 e. The molecule has 0 saturated carbocycles. The highest BCUT2D eigenvalue weighted by Crippen LogP contribution is 2.17. The fourth-order valence-electron chi connectivity index (χ4n) is 2.43. The minimum absolute atomic E-state index is 0.110. The second-order valence-electron chi connectivity index (χ2n) is 6.02. The number of esters is 1. The third kappa shape index (κ3) is 4.29. The average molecular weight is 385 g/mol.